The molecule has 0 aliphatic rings. The highest BCUT2D eigenvalue weighted by Gasteiger charge is 2.29. The molecular formula is C16H21FN2O4. The molecule has 0 aromatic heterocycles. The Morgan fingerprint density at radius 1 is 1.22 bits per heavy atom. The molecule has 1 aromatic carbocycles. The number of aliphatic carboxylic acids is 1. The van der Waals surface area contributed by atoms with Crippen molar-refractivity contribution in [3.05, 3.63) is 35.6 Å². The van der Waals surface area contributed by atoms with Gasteiger partial charge in [-0.15, -0.1) is 0 Å². The van der Waals surface area contributed by atoms with Crippen LogP contribution in [0.5, 0.6) is 0 Å². The molecule has 0 saturated heterocycles. The largest absolute Gasteiger partial charge is 0.480 e. The smallest absolute Gasteiger partial charge is 0.323 e. The van der Waals surface area contributed by atoms with Gasteiger partial charge < -0.3 is 15.3 Å². The Morgan fingerprint density at radius 3 is 2.22 bits per heavy atom. The van der Waals surface area contributed by atoms with Crippen LogP contribution in [0.25, 0.3) is 0 Å². The van der Waals surface area contributed by atoms with Crippen molar-refractivity contribution in [2.45, 2.75) is 26.8 Å². The van der Waals surface area contributed by atoms with Gasteiger partial charge in [-0.1, -0.05) is 13.8 Å². The highest BCUT2D eigenvalue weighted by Crippen LogP contribution is 2.09. The minimum absolute atomic E-state index is 0.223. The van der Waals surface area contributed by atoms with Crippen molar-refractivity contribution in [3.8, 4) is 0 Å². The number of hydrogen-bond acceptors (Lipinski definition) is 3. The van der Waals surface area contributed by atoms with Crippen molar-refractivity contribution in [2.24, 2.45) is 5.92 Å². The second-order valence-corrected chi connectivity index (χ2v) is 5.45. The van der Waals surface area contributed by atoms with E-state index in [9.17, 15) is 18.8 Å². The van der Waals surface area contributed by atoms with Crippen LogP contribution in [-0.2, 0) is 9.59 Å². The van der Waals surface area contributed by atoms with Gasteiger partial charge in [-0.25, -0.2) is 4.39 Å². The van der Waals surface area contributed by atoms with Crippen molar-refractivity contribution >= 4 is 17.8 Å². The van der Waals surface area contributed by atoms with Crippen molar-refractivity contribution in [1.29, 1.82) is 0 Å². The number of carboxylic acids is 1. The summed E-state index contributed by atoms with van der Waals surface area (Å²) in [6.07, 6.45) is 0. The third-order valence-corrected chi connectivity index (χ3v) is 3.35. The van der Waals surface area contributed by atoms with Crippen LogP contribution < -0.4 is 5.32 Å². The van der Waals surface area contributed by atoms with Crippen LogP contribution in [0.2, 0.25) is 0 Å². The normalized spacial score (nSPS) is 11.9. The lowest BCUT2D eigenvalue weighted by molar-refractivity contribution is -0.145. The third-order valence-electron chi connectivity index (χ3n) is 3.35. The number of nitrogens with zero attached hydrogens (tertiary/aromatic N) is 1. The topological polar surface area (TPSA) is 86.7 Å². The number of carboxylic acid groups (broad SMARTS) is 1. The Bertz CT molecular complexity index is 572. The lowest BCUT2D eigenvalue weighted by Crippen LogP contribution is -2.52. The molecule has 0 heterocycles. The molecule has 2 N–H and O–H groups in total. The zero-order chi connectivity index (χ0) is 17.6. The molecule has 0 bridgehead atoms. The Morgan fingerprint density at radius 2 is 1.78 bits per heavy atom. The summed E-state index contributed by atoms with van der Waals surface area (Å²) in [6, 6.07) is 4.10. The van der Waals surface area contributed by atoms with E-state index in [0.717, 1.165) is 17.0 Å². The van der Waals surface area contributed by atoms with Crippen molar-refractivity contribution in [1.82, 2.24) is 10.2 Å². The Balaban J connectivity index is 2.89. The van der Waals surface area contributed by atoms with E-state index in [4.69, 9.17) is 5.11 Å². The van der Waals surface area contributed by atoms with Gasteiger partial charge in [-0.3, -0.25) is 14.4 Å². The van der Waals surface area contributed by atoms with Gasteiger partial charge in [0.2, 0.25) is 5.91 Å². The molecule has 0 saturated carbocycles. The first-order valence-electron chi connectivity index (χ1n) is 7.33. The summed E-state index contributed by atoms with van der Waals surface area (Å²) in [5.41, 5.74) is 0.228. The van der Waals surface area contributed by atoms with Crippen molar-refractivity contribution in [3.63, 3.8) is 0 Å². The fourth-order valence-electron chi connectivity index (χ4n) is 2.04. The predicted octanol–water partition coefficient (Wildman–Crippen LogP) is 1.51. The molecule has 126 valence electrons. The number of nitrogens with one attached hydrogen (secondary N) is 1. The van der Waals surface area contributed by atoms with E-state index in [0.29, 0.717) is 0 Å². The van der Waals surface area contributed by atoms with Crippen LogP contribution >= 0.6 is 0 Å². The van der Waals surface area contributed by atoms with Crippen molar-refractivity contribution < 1.29 is 23.9 Å². The second kappa shape index (κ2) is 8.26. The van der Waals surface area contributed by atoms with Crippen LogP contribution in [0.4, 0.5) is 4.39 Å². The summed E-state index contributed by atoms with van der Waals surface area (Å²) in [6.45, 7) is 4.97. The van der Waals surface area contributed by atoms with E-state index in [2.05, 4.69) is 5.32 Å². The van der Waals surface area contributed by atoms with E-state index in [1.165, 1.54) is 12.1 Å². The molecule has 1 atom stereocenters. The van der Waals surface area contributed by atoms with Crippen LogP contribution in [-0.4, -0.2) is 46.9 Å². The van der Waals surface area contributed by atoms with E-state index >= 15 is 0 Å². The molecule has 0 aliphatic heterocycles. The molecule has 23 heavy (non-hydrogen) atoms. The summed E-state index contributed by atoms with van der Waals surface area (Å²) in [7, 11) is 0. The van der Waals surface area contributed by atoms with E-state index in [1.54, 1.807) is 20.8 Å². The number of hydrogen-bond donors (Lipinski definition) is 2. The molecule has 0 spiro atoms. The number of halogens is 1. The van der Waals surface area contributed by atoms with Gasteiger partial charge in [0.1, 0.15) is 18.4 Å². The Labute approximate surface area is 134 Å². The molecule has 1 unspecified atom stereocenters. The van der Waals surface area contributed by atoms with Crippen LogP contribution in [0.1, 0.15) is 31.1 Å². The Hall–Kier alpha value is -2.44. The highest BCUT2D eigenvalue weighted by atomic mass is 19.1. The standard InChI is InChI=1S/C16H21FN2O4/c1-4-19(9-13(20)21)16(23)14(10(2)3)18-15(22)11-5-7-12(17)8-6-11/h5-8,10,14H,4,9H2,1-3H3,(H,18,22)(H,20,21). The number of carbonyl (C=O) groups excluding carboxylic acids is 2. The molecule has 0 aliphatic carbocycles. The number of rotatable bonds is 7. The molecule has 0 radical (unpaired) electrons. The monoisotopic (exact) mass is 324 g/mol. The van der Waals surface area contributed by atoms with Crippen molar-refractivity contribution in [2.75, 3.05) is 13.1 Å². The van der Waals surface area contributed by atoms with Crippen LogP contribution in [0.3, 0.4) is 0 Å². The number of carbonyl (C=O) groups is 3. The summed E-state index contributed by atoms with van der Waals surface area (Å²) in [4.78, 5) is 36.6. The second-order valence-electron chi connectivity index (χ2n) is 5.45. The summed E-state index contributed by atoms with van der Waals surface area (Å²) < 4.78 is 12.9. The number of amides is 2. The average molecular weight is 324 g/mol. The maximum absolute atomic E-state index is 12.9. The molecule has 7 heteroatoms. The molecule has 0 fully saturated rings. The molecule has 1 aromatic rings. The van der Waals surface area contributed by atoms with Crippen LogP contribution in [0.15, 0.2) is 24.3 Å². The van der Waals surface area contributed by atoms with E-state index < -0.39 is 36.2 Å². The van der Waals surface area contributed by atoms with Gasteiger partial charge >= 0.3 is 5.97 Å². The first-order valence-corrected chi connectivity index (χ1v) is 7.33. The van der Waals surface area contributed by atoms with Gasteiger partial charge in [0, 0.05) is 12.1 Å². The first-order chi connectivity index (χ1) is 10.8. The summed E-state index contributed by atoms with van der Waals surface area (Å²) in [5, 5.41) is 11.4. The summed E-state index contributed by atoms with van der Waals surface area (Å²) in [5.74, 6) is -2.78. The fourth-order valence-corrected chi connectivity index (χ4v) is 2.04. The summed E-state index contributed by atoms with van der Waals surface area (Å²) >= 11 is 0. The lowest BCUT2D eigenvalue weighted by atomic mass is 10.0. The fraction of sp³-hybridized carbons (Fsp3) is 0.438. The minimum Gasteiger partial charge on any atom is -0.480 e. The zero-order valence-corrected chi connectivity index (χ0v) is 13.4. The van der Waals surface area contributed by atoms with Gasteiger partial charge in [-0.2, -0.15) is 0 Å². The third kappa shape index (κ3) is 5.36. The maximum atomic E-state index is 12.9. The van der Waals surface area contributed by atoms with Gasteiger partial charge in [0.25, 0.3) is 5.91 Å². The minimum atomic E-state index is -1.12. The van der Waals surface area contributed by atoms with Gasteiger partial charge in [0.15, 0.2) is 0 Å². The average Bonchev–Trinajstić information content (AvgIpc) is 2.49. The van der Waals surface area contributed by atoms with E-state index in [1.807, 2.05) is 0 Å². The first kappa shape index (κ1) is 18.6. The maximum Gasteiger partial charge on any atom is 0.323 e. The SMILES string of the molecule is CCN(CC(=O)O)C(=O)C(NC(=O)c1ccc(F)cc1)C(C)C. The van der Waals surface area contributed by atoms with Gasteiger partial charge in [0.05, 0.1) is 0 Å². The molecule has 2 amide bonds. The molecule has 1 rings (SSSR count). The number of likely N-dealkylation sites (N-methyl/N-ethyl adjacent to an activating group) is 1. The molecule has 6 nitrogen and oxygen atoms in total. The van der Waals surface area contributed by atoms with Crippen LogP contribution in [0, 0.1) is 11.7 Å². The zero-order valence-electron chi connectivity index (χ0n) is 13.4. The lowest BCUT2D eigenvalue weighted by Gasteiger charge is -2.28. The van der Waals surface area contributed by atoms with E-state index in [-0.39, 0.29) is 18.0 Å². The quantitative estimate of drug-likeness (QED) is 0.796. The highest BCUT2D eigenvalue weighted by molar-refractivity contribution is 5.98. The Kier molecular flexibility index (Phi) is 6.68. The molecular weight excluding hydrogens is 303 g/mol. The number of benzene rings is 1. The van der Waals surface area contributed by atoms with Gasteiger partial charge in [-0.05, 0) is 37.1 Å². The predicted molar refractivity (Wildman–Crippen MR) is 82.4 cm³/mol.